The van der Waals surface area contributed by atoms with Crippen molar-refractivity contribution in [3.63, 3.8) is 0 Å². The smallest absolute Gasteiger partial charge is 0.354 e. The van der Waals surface area contributed by atoms with Gasteiger partial charge in [0, 0.05) is 57.6 Å². The molecule has 246 valence electrons. The quantitative estimate of drug-likeness (QED) is 0.232. The van der Waals surface area contributed by atoms with Crippen LogP contribution in [0.15, 0.2) is 89.3 Å². The number of anilines is 1. The number of carbonyl (C=O) groups is 1. The van der Waals surface area contributed by atoms with Crippen molar-refractivity contribution in [2.45, 2.75) is 29.5 Å². The fourth-order valence-corrected chi connectivity index (χ4v) is 8.59. The summed E-state index contributed by atoms with van der Waals surface area (Å²) >= 11 is 6.88. The Morgan fingerprint density at radius 3 is 2.45 bits per heavy atom. The number of pyridine rings is 2. The van der Waals surface area contributed by atoms with Gasteiger partial charge in [-0.3, -0.25) is 14.7 Å². The maximum absolute atomic E-state index is 13.3. The van der Waals surface area contributed by atoms with Gasteiger partial charge >= 0.3 is 6.18 Å². The van der Waals surface area contributed by atoms with E-state index in [1.54, 1.807) is 18.3 Å². The highest BCUT2D eigenvalue weighted by molar-refractivity contribution is 7.91. The summed E-state index contributed by atoms with van der Waals surface area (Å²) in [5.41, 5.74) is 1.82. The molecule has 1 saturated heterocycles. The van der Waals surface area contributed by atoms with Crippen molar-refractivity contribution >= 4 is 44.7 Å². The Morgan fingerprint density at radius 1 is 1.02 bits per heavy atom. The van der Waals surface area contributed by atoms with Crippen LogP contribution in [0.2, 0.25) is 4.34 Å². The lowest BCUT2D eigenvalue weighted by Gasteiger charge is -2.35. The Kier molecular flexibility index (Phi) is 9.67. The van der Waals surface area contributed by atoms with E-state index in [2.05, 4.69) is 20.1 Å². The van der Waals surface area contributed by atoms with Crippen LogP contribution in [0.5, 0.6) is 0 Å². The highest BCUT2D eigenvalue weighted by Crippen LogP contribution is 2.33. The van der Waals surface area contributed by atoms with Crippen molar-refractivity contribution in [1.82, 2.24) is 24.5 Å². The Labute approximate surface area is 279 Å². The fourth-order valence-electron chi connectivity index (χ4n) is 5.48. The molecule has 0 saturated carbocycles. The van der Waals surface area contributed by atoms with Crippen molar-refractivity contribution in [1.29, 1.82) is 0 Å². The summed E-state index contributed by atoms with van der Waals surface area (Å²) in [6.45, 7) is 3.63. The van der Waals surface area contributed by atoms with E-state index in [0.717, 1.165) is 46.6 Å². The second-order valence-corrected chi connectivity index (χ2v) is 14.9. The molecule has 1 atom stereocenters. The minimum absolute atomic E-state index is 0.0414. The summed E-state index contributed by atoms with van der Waals surface area (Å²) in [6, 6.07) is 16.0. The molecule has 3 aromatic heterocycles. The van der Waals surface area contributed by atoms with Crippen molar-refractivity contribution in [2.75, 3.05) is 37.6 Å². The maximum atomic E-state index is 13.3. The number of hydrogen-bond donors (Lipinski definition) is 1. The van der Waals surface area contributed by atoms with E-state index in [-0.39, 0.29) is 17.3 Å². The standard InChI is InChI=1S/C32H30ClF3N6O3S2/c33-28-10-11-30(46-28)47(44,45)42-13-3-5-27(42)31(43)38-20-22-18-26(23-6-8-24(9-7-23)32(34,35)36)39-29(19-22)41-16-14-40(15-17-41)21-25-4-1-2-12-37-25/h1-12,18-19,27H,13-17,20-21H2,(H,38,43). The third-order valence-electron chi connectivity index (χ3n) is 7.95. The van der Waals surface area contributed by atoms with Crippen LogP contribution in [0.25, 0.3) is 11.3 Å². The van der Waals surface area contributed by atoms with Gasteiger partial charge in [-0.15, -0.1) is 11.3 Å². The summed E-state index contributed by atoms with van der Waals surface area (Å²) in [4.78, 5) is 26.9. The zero-order valence-electron chi connectivity index (χ0n) is 24.9. The average molecular weight is 703 g/mol. The zero-order valence-corrected chi connectivity index (χ0v) is 27.3. The van der Waals surface area contributed by atoms with E-state index in [4.69, 9.17) is 16.6 Å². The van der Waals surface area contributed by atoms with Gasteiger partial charge in [0.2, 0.25) is 5.91 Å². The second-order valence-electron chi connectivity index (χ2n) is 11.1. The normalized spacial score (nSPS) is 17.7. The highest BCUT2D eigenvalue weighted by atomic mass is 35.5. The van der Waals surface area contributed by atoms with Crippen LogP contribution < -0.4 is 10.2 Å². The van der Waals surface area contributed by atoms with E-state index < -0.39 is 33.7 Å². The molecule has 4 aromatic rings. The number of alkyl halides is 3. The molecule has 1 N–H and O–H groups in total. The lowest BCUT2D eigenvalue weighted by Crippen LogP contribution is -2.46. The van der Waals surface area contributed by atoms with Crippen LogP contribution in [-0.2, 0) is 34.1 Å². The number of halogens is 4. The van der Waals surface area contributed by atoms with E-state index in [1.165, 1.54) is 30.3 Å². The summed E-state index contributed by atoms with van der Waals surface area (Å²) in [6.07, 6.45) is 0.460. The van der Waals surface area contributed by atoms with E-state index >= 15 is 0 Å². The number of sulfonamides is 1. The monoisotopic (exact) mass is 702 g/mol. The Bertz CT molecular complexity index is 1860. The summed E-state index contributed by atoms with van der Waals surface area (Å²) in [5, 5.41) is 2.84. The summed E-state index contributed by atoms with van der Waals surface area (Å²) in [5.74, 6) is 0.117. The third-order valence-corrected chi connectivity index (χ3v) is 11.5. The molecular weight excluding hydrogens is 673 g/mol. The Balaban J connectivity index is 1.20. The molecule has 1 unspecified atom stereocenters. The Hall–Kier alpha value is -3.82. The van der Waals surface area contributed by atoms with Gasteiger partial charge in [0.15, 0.2) is 0 Å². The predicted molar refractivity (Wildman–Crippen MR) is 174 cm³/mol. The molecule has 1 aromatic carbocycles. The molecule has 6 rings (SSSR count). The molecule has 15 heteroatoms. The topological polar surface area (TPSA) is 98.7 Å². The van der Waals surface area contributed by atoms with Crippen molar-refractivity contribution in [3.8, 4) is 11.3 Å². The predicted octanol–water partition coefficient (Wildman–Crippen LogP) is 5.45. The third kappa shape index (κ3) is 7.68. The highest BCUT2D eigenvalue weighted by Gasteiger charge is 2.37. The van der Waals surface area contributed by atoms with Crippen LogP contribution in [0, 0.1) is 0 Å². The van der Waals surface area contributed by atoms with Crippen LogP contribution >= 0.6 is 22.9 Å². The van der Waals surface area contributed by atoms with Crippen LogP contribution in [-0.4, -0.2) is 72.3 Å². The molecule has 0 radical (unpaired) electrons. The van der Waals surface area contributed by atoms with E-state index in [9.17, 15) is 26.4 Å². The van der Waals surface area contributed by atoms with Crippen molar-refractivity contribution < 1.29 is 26.4 Å². The molecule has 2 aliphatic rings. The first-order chi connectivity index (χ1) is 22.5. The zero-order chi connectivity index (χ0) is 33.2. The first kappa shape index (κ1) is 33.1. The molecule has 1 amide bonds. The largest absolute Gasteiger partial charge is 0.416 e. The summed E-state index contributed by atoms with van der Waals surface area (Å²) < 4.78 is 67.7. The lowest BCUT2D eigenvalue weighted by atomic mass is 10.1. The SMILES string of the molecule is O=C(NCc1cc(-c2ccc(C(F)(F)F)cc2)nc(N2CCN(Cc3ccccn3)CC2)c1)C1C=CCN1S(=O)(=O)c1ccc(Cl)s1. The average Bonchev–Trinajstić information content (AvgIpc) is 3.75. The minimum Gasteiger partial charge on any atom is -0.354 e. The minimum atomic E-state index is -4.47. The lowest BCUT2D eigenvalue weighted by molar-refractivity contribution is -0.137. The van der Waals surface area contributed by atoms with Crippen LogP contribution in [0.4, 0.5) is 19.0 Å². The first-order valence-electron chi connectivity index (χ1n) is 14.7. The molecule has 0 aliphatic carbocycles. The molecule has 5 heterocycles. The maximum Gasteiger partial charge on any atom is 0.416 e. The number of amides is 1. The number of benzene rings is 1. The van der Waals surface area contributed by atoms with Gasteiger partial charge in [0.05, 0.1) is 21.3 Å². The van der Waals surface area contributed by atoms with Gasteiger partial charge in [-0.1, -0.05) is 42.0 Å². The Morgan fingerprint density at radius 2 is 1.79 bits per heavy atom. The van der Waals surface area contributed by atoms with Crippen molar-refractivity contribution in [3.05, 3.63) is 106 Å². The number of thiophene rings is 1. The molecular formula is C32H30ClF3N6O3S2. The number of rotatable bonds is 9. The fraction of sp³-hybridized carbons (Fsp3) is 0.281. The van der Waals surface area contributed by atoms with Crippen molar-refractivity contribution in [2.24, 2.45) is 0 Å². The molecule has 0 spiro atoms. The van der Waals surface area contributed by atoms with E-state index in [1.807, 2.05) is 24.3 Å². The van der Waals surface area contributed by atoms with Gasteiger partial charge < -0.3 is 10.2 Å². The number of piperazine rings is 1. The molecule has 9 nitrogen and oxygen atoms in total. The number of aromatic nitrogens is 2. The molecule has 2 aliphatic heterocycles. The van der Waals surface area contributed by atoms with Gasteiger partial charge in [-0.25, -0.2) is 13.4 Å². The number of carbonyl (C=O) groups excluding carboxylic acids is 1. The van der Waals surface area contributed by atoms with Crippen LogP contribution in [0.1, 0.15) is 16.8 Å². The number of nitrogens with one attached hydrogen (secondary N) is 1. The summed E-state index contributed by atoms with van der Waals surface area (Å²) in [7, 11) is -3.96. The molecule has 0 bridgehead atoms. The second kappa shape index (κ2) is 13.7. The molecule has 47 heavy (non-hydrogen) atoms. The number of nitrogens with zero attached hydrogens (tertiary/aromatic N) is 5. The van der Waals surface area contributed by atoms with Gasteiger partial charge in [-0.05, 0) is 54.1 Å². The van der Waals surface area contributed by atoms with Gasteiger partial charge in [-0.2, -0.15) is 17.5 Å². The number of hydrogen-bond acceptors (Lipinski definition) is 8. The first-order valence-corrected chi connectivity index (χ1v) is 17.4. The van der Waals surface area contributed by atoms with Crippen LogP contribution in [0.3, 0.4) is 0 Å². The van der Waals surface area contributed by atoms with E-state index in [0.29, 0.717) is 46.6 Å². The van der Waals surface area contributed by atoms with Gasteiger partial charge in [0.1, 0.15) is 16.1 Å². The van der Waals surface area contributed by atoms with Gasteiger partial charge in [0.25, 0.3) is 10.0 Å². The molecule has 1 fully saturated rings.